The lowest BCUT2D eigenvalue weighted by Crippen LogP contribution is -2.30. The largest absolute Gasteiger partial charge is 0.491 e. The van der Waals surface area contributed by atoms with Gasteiger partial charge in [-0.1, -0.05) is 60.2 Å². The Kier molecular flexibility index (Phi) is 7.63. The van der Waals surface area contributed by atoms with E-state index in [1.165, 1.54) is 0 Å². The lowest BCUT2D eigenvalue weighted by Gasteiger charge is -2.22. The minimum Gasteiger partial charge on any atom is -0.491 e. The van der Waals surface area contributed by atoms with Gasteiger partial charge in [0.05, 0.1) is 12.6 Å². The molecule has 1 N–H and O–H groups in total. The van der Waals surface area contributed by atoms with Gasteiger partial charge in [0.15, 0.2) is 0 Å². The molecule has 0 aliphatic carbocycles. The molecule has 0 aliphatic heterocycles. The topological polar surface area (TPSA) is 47.6 Å². The number of ether oxygens (including phenoxy) is 2. The maximum absolute atomic E-state index is 13.1. The summed E-state index contributed by atoms with van der Waals surface area (Å²) in [5, 5.41) is 3.22. The van der Waals surface area contributed by atoms with Crippen molar-refractivity contribution in [1.82, 2.24) is 5.32 Å². The highest BCUT2D eigenvalue weighted by Crippen LogP contribution is 2.26. The van der Waals surface area contributed by atoms with E-state index in [2.05, 4.69) is 37.4 Å². The third-order valence-electron chi connectivity index (χ3n) is 4.95. The Morgan fingerprint density at radius 1 is 0.933 bits per heavy atom. The second-order valence-electron chi connectivity index (χ2n) is 7.25. The molecule has 0 radical (unpaired) electrons. The number of nitrogens with one attached hydrogen (secondary N) is 1. The van der Waals surface area contributed by atoms with Gasteiger partial charge in [-0.3, -0.25) is 4.79 Å². The van der Waals surface area contributed by atoms with Gasteiger partial charge in [-0.05, 0) is 55.7 Å². The van der Waals surface area contributed by atoms with Crippen molar-refractivity contribution in [1.29, 1.82) is 0 Å². The second kappa shape index (κ2) is 10.6. The SMILES string of the molecule is CCOCCOc1cccc(C(=O)N[C@@H](c2ccccc2)c2cc(C)ccc2C)c1. The summed E-state index contributed by atoms with van der Waals surface area (Å²) in [7, 11) is 0. The zero-order valence-electron chi connectivity index (χ0n) is 17.9. The first-order valence-electron chi connectivity index (χ1n) is 10.3. The quantitative estimate of drug-likeness (QED) is 0.497. The molecule has 4 nitrogen and oxygen atoms in total. The first kappa shape index (κ1) is 21.6. The number of carbonyl (C=O) groups excluding carboxylic acids is 1. The summed E-state index contributed by atoms with van der Waals surface area (Å²) in [5.41, 5.74) is 5.01. The molecule has 3 aromatic rings. The fraction of sp³-hybridized carbons (Fsp3) is 0.269. The van der Waals surface area contributed by atoms with Crippen LogP contribution in [0.5, 0.6) is 5.75 Å². The van der Waals surface area contributed by atoms with Crippen molar-refractivity contribution >= 4 is 5.91 Å². The summed E-state index contributed by atoms with van der Waals surface area (Å²) in [5.74, 6) is 0.519. The minimum absolute atomic E-state index is 0.139. The molecule has 0 spiro atoms. The van der Waals surface area contributed by atoms with Gasteiger partial charge in [0, 0.05) is 12.2 Å². The van der Waals surface area contributed by atoms with Crippen molar-refractivity contribution in [3.8, 4) is 5.75 Å². The lowest BCUT2D eigenvalue weighted by atomic mass is 9.93. The highest BCUT2D eigenvalue weighted by molar-refractivity contribution is 5.95. The number of hydrogen-bond acceptors (Lipinski definition) is 3. The van der Waals surface area contributed by atoms with E-state index in [1.54, 1.807) is 12.1 Å². The van der Waals surface area contributed by atoms with Crippen LogP contribution < -0.4 is 10.1 Å². The van der Waals surface area contributed by atoms with Crippen LogP contribution in [0.15, 0.2) is 72.8 Å². The molecule has 156 valence electrons. The van der Waals surface area contributed by atoms with Crippen molar-refractivity contribution in [3.05, 3.63) is 101 Å². The van der Waals surface area contributed by atoms with E-state index in [9.17, 15) is 4.79 Å². The summed E-state index contributed by atoms with van der Waals surface area (Å²) in [4.78, 5) is 13.1. The van der Waals surface area contributed by atoms with Gasteiger partial charge in [-0.25, -0.2) is 0 Å². The standard InChI is InChI=1S/C26H29NO3/c1-4-29-15-16-30-23-12-8-11-22(18-23)26(28)27-25(21-9-6-5-7-10-21)24-17-19(2)13-14-20(24)3/h5-14,17-18,25H,4,15-16H2,1-3H3,(H,27,28)/t25-/m0/s1. The Bertz CT molecular complexity index is 969. The highest BCUT2D eigenvalue weighted by Gasteiger charge is 2.20. The second-order valence-corrected chi connectivity index (χ2v) is 7.25. The third-order valence-corrected chi connectivity index (χ3v) is 4.95. The maximum Gasteiger partial charge on any atom is 0.252 e. The molecule has 1 atom stereocenters. The van der Waals surface area contributed by atoms with E-state index < -0.39 is 0 Å². The average molecular weight is 404 g/mol. The van der Waals surface area contributed by atoms with Crippen molar-refractivity contribution in [2.24, 2.45) is 0 Å². The fourth-order valence-corrected chi connectivity index (χ4v) is 3.36. The molecule has 0 unspecified atom stereocenters. The molecule has 3 aromatic carbocycles. The zero-order valence-corrected chi connectivity index (χ0v) is 17.9. The van der Waals surface area contributed by atoms with Crippen molar-refractivity contribution in [2.75, 3.05) is 19.8 Å². The Morgan fingerprint density at radius 2 is 1.73 bits per heavy atom. The smallest absolute Gasteiger partial charge is 0.252 e. The van der Waals surface area contributed by atoms with Gasteiger partial charge in [0.1, 0.15) is 12.4 Å². The Labute approximate surface area is 178 Å². The van der Waals surface area contributed by atoms with E-state index in [1.807, 2.05) is 49.4 Å². The zero-order chi connectivity index (χ0) is 21.3. The van der Waals surface area contributed by atoms with Crippen LogP contribution in [-0.4, -0.2) is 25.7 Å². The normalized spacial score (nSPS) is 11.7. The molecule has 0 heterocycles. The van der Waals surface area contributed by atoms with Gasteiger partial charge < -0.3 is 14.8 Å². The van der Waals surface area contributed by atoms with Crippen molar-refractivity contribution < 1.29 is 14.3 Å². The molecule has 4 heteroatoms. The van der Waals surface area contributed by atoms with E-state index in [-0.39, 0.29) is 11.9 Å². The van der Waals surface area contributed by atoms with E-state index in [0.717, 1.165) is 22.3 Å². The molecule has 0 saturated heterocycles. The molecule has 0 bridgehead atoms. The third kappa shape index (κ3) is 5.71. The Balaban J connectivity index is 1.83. The summed E-state index contributed by atoms with van der Waals surface area (Å²) in [6, 6.07) is 23.4. The summed E-state index contributed by atoms with van der Waals surface area (Å²) < 4.78 is 11.0. The van der Waals surface area contributed by atoms with Crippen LogP contribution >= 0.6 is 0 Å². The number of amides is 1. The molecule has 3 rings (SSSR count). The van der Waals surface area contributed by atoms with Gasteiger partial charge in [-0.2, -0.15) is 0 Å². The molecular weight excluding hydrogens is 374 g/mol. The molecular formula is C26H29NO3. The fourth-order valence-electron chi connectivity index (χ4n) is 3.36. The summed E-state index contributed by atoms with van der Waals surface area (Å²) in [6.07, 6.45) is 0. The predicted molar refractivity (Wildman–Crippen MR) is 120 cm³/mol. The van der Waals surface area contributed by atoms with Gasteiger partial charge in [0.2, 0.25) is 0 Å². The molecule has 0 saturated carbocycles. The van der Waals surface area contributed by atoms with Crippen LogP contribution in [0.1, 0.15) is 45.6 Å². The number of carbonyl (C=O) groups is 1. The summed E-state index contributed by atoms with van der Waals surface area (Å²) >= 11 is 0. The maximum atomic E-state index is 13.1. The molecule has 0 fully saturated rings. The van der Waals surface area contributed by atoms with Crippen LogP contribution in [0.3, 0.4) is 0 Å². The number of hydrogen-bond donors (Lipinski definition) is 1. The Morgan fingerprint density at radius 3 is 2.50 bits per heavy atom. The summed E-state index contributed by atoms with van der Waals surface area (Å²) in [6.45, 7) is 7.72. The predicted octanol–water partition coefficient (Wildman–Crippen LogP) is 5.24. The van der Waals surface area contributed by atoms with Gasteiger partial charge >= 0.3 is 0 Å². The monoisotopic (exact) mass is 403 g/mol. The van der Waals surface area contributed by atoms with Gasteiger partial charge in [-0.15, -0.1) is 0 Å². The van der Waals surface area contributed by atoms with Gasteiger partial charge in [0.25, 0.3) is 5.91 Å². The number of benzene rings is 3. The number of aryl methyl sites for hydroxylation is 2. The van der Waals surface area contributed by atoms with Crippen LogP contribution in [-0.2, 0) is 4.74 Å². The molecule has 0 aromatic heterocycles. The van der Waals surface area contributed by atoms with E-state index >= 15 is 0 Å². The Hall–Kier alpha value is -3.11. The van der Waals surface area contributed by atoms with Crippen LogP contribution in [0.4, 0.5) is 0 Å². The van der Waals surface area contributed by atoms with Crippen molar-refractivity contribution in [2.45, 2.75) is 26.8 Å². The first-order chi connectivity index (χ1) is 14.6. The molecule has 1 amide bonds. The molecule has 30 heavy (non-hydrogen) atoms. The highest BCUT2D eigenvalue weighted by atomic mass is 16.5. The lowest BCUT2D eigenvalue weighted by molar-refractivity contribution is 0.0941. The van der Waals surface area contributed by atoms with Crippen LogP contribution in [0.25, 0.3) is 0 Å². The van der Waals surface area contributed by atoms with E-state index in [4.69, 9.17) is 9.47 Å². The average Bonchev–Trinajstić information content (AvgIpc) is 2.77. The minimum atomic E-state index is -0.235. The van der Waals surface area contributed by atoms with Crippen LogP contribution in [0.2, 0.25) is 0 Å². The van der Waals surface area contributed by atoms with Crippen LogP contribution in [0, 0.1) is 13.8 Å². The number of rotatable bonds is 9. The van der Waals surface area contributed by atoms with Crippen molar-refractivity contribution in [3.63, 3.8) is 0 Å². The molecule has 0 aliphatic rings. The van der Waals surface area contributed by atoms with E-state index in [0.29, 0.717) is 31.1 Å². The first-order valence-corrected chi connectivity index (χ1v) is 10.3.